The van der Waals surface area contributed by atoms with Crippen LogP contribution in [0.2, 0.25) is 0 Å². The first-order valence-corrected chi connectivity index (χ1v) is 9.65. The highest BCUT2D eigenvalue weighted by Gasteiger charge is 2.26. The highest BCUT2D eigenvalue weighted by molar-refractivity contribution is 7.98. The van der Waals surface area contributed by atoms with E-state index in [1.807, 2.05) is 30.5 Å². The van der Waals surface area contributed by atoms with E-state index < -0.39 is 6.10 Å². The molecule has 2 atom stereocenters. The summed E-state index contributed by atoms with van der Waals surface area (Å²) < 4.78 is 5.84. The zero-order valence-corrected chi connectivity index (χ0v) is 15.0. The van der Waals surface area contributed by atoms with Gasteiger partial charge in [-0.3, -0.25) is 4.79 Å². The van der Waals surface area contributed by atoms with Gasteiger partial charge >= 0.3 is 0 Å². The molecular weight excluding hydrogens is 336 g/mol. The van der Waals surface area contributed by atoms with E-state index in [2.05, 4.69) is 10.3 Å². The summed E-state index contributed by atoms with van der Waals surface area (Å²) in [5, 5.41) is 13.0. The van der Waals surface area contributed by atoms with E-state index in [1.165, 1.54) is 0 Å². The third-order valence-corrected chi connectivity index (χ3v) is 5.04. The van der Waals surface area contributed by atoms with Gasteiger partial charge < -0.3 is 15.2 Å². The number of nitrogens with zero attached hydrogens (tertiary/aromatic N) is 1. The number of thioether (sulfide) groups is 1. The molecule has 1 fully saturated rings. The van der Waals surface area contributed by atoms with Crippen molar-refractivity contribution in [3.05, 3.63) is 48.2 Å². The van der Waals surface area contributed by atoms with Crippen molar-refractivity contribution >= 4 is 17.7 Å². The smallest absolute Gasteiger partial charge is 0.257 e. The molecule has 6 heteroatoms. The van der Waals surface area contributed by atoms with Crippen molar-refractivity contribution in [2.75, 3.05) is 6.26 Å². The number of hydrogen-bond donors (Lipinski definition) is 2. The van der Waals surface area contributed by atoms with Crippen LogP contribution in [0.3, 0.4) is 0 Å². The molecule has 2 unspecified atom stereocenters. The topological polar surface area (TPSA) is 71.5 Å². The fraction of sp³-hybridized carbons (Fsp3) is 0.368. The van der Waals surface area contributed by atoms with Gasteiger partial charge in [0.1, 0.15) is 11.3 Å². The Hall–Kier alpha value is -2.05. The predicted octanol–water partition coefficient (Wildman–Crippen LogP) is 3.63. The highest BCUT2D eigenvalue weighted by atomic mass is 32.2. The van der Waals surface area contributed by atoms with Crippen LogP contribution in [0.4, 0.5) is 0 Å². The SMILES string of the molecule is CSc1cccc(Oc2ncccc2C(=O)NC2CCCCC2O)c1. The van der Waals surface area contributed by atoms with Crippen molar-refractivity contribution in [1.82, 2.24) is 10.3 Å². The third kappa shape index (κ3) is 4.52. The average molecular weight is 358 g/mol. The number of nitrogens with one attached hydrogen (secondary N) is 1. The minimum Gasteiger partial charge on any atom is -0.438 e. The summed E-state index contributed by atoms with van der Waals surface area (Å²) in [6.07, 6.45) is 6.63. The fourth-order valence-electron chi connectivity index (χ4n) is 2.95. The van der Waals surface area contributed by atoms with Gasteiger partial charge in [-0.2, -0.15) is 0 Å². The maximum Gasteiger partial charge on any atom is 0.257 e. The Morgan fingerprint density at radius 2 is 2.12 bits per heavy atom. The van der Waals surface area contributed by atoms with E-state index >= 15 is 0 Å². The second kappa shape index (κ2) is 8.36. The van der Waals surface area contributed by atoms with Crippen molar-refractivity contribution in [2.45, 2.75) is 42.7 Å². The number of benzene rings is 1. The molecule has 3 rings (SSSR count). The molecule has 1 heterocycles. The lowest BCUT2D eigenvalue weighted by Gasteiger charge is -2.28. The Bertz CT molecular complexity index is 738. The standard InChI is InChI=1S/C19H22N2O3S/c1-25-14-7-4-6-13(12-14)24-19-15(8-5-11-20-19)18(23)21-16-9-2-3-10-17(16)22/h4-8,11-12,16-17,22H,2-3,9-10H2,1H3,(H,21,23). The Morgan fingerprint density at radius 1 is 1.28 bits per heavy atom. The van der Waals surface area contributed by atoms with Gasteiger partial charge in [0.25, 0.3) is 5.91 Å². The number of carbonyl (C=O) groups is 1. The monoisotopic (exact) mass is 358 g/mol. The molecule has 1 aliphatic rings. The van der Waals surface area contributed by atoms with E-state index in [-0.39, 0.29) is 17.8 Å². The first-order valence-electron chi connectivity index (χ1n) is 8.43. The Morgan fingerprint density at radius 3 is 2.92 bits per heavy atom. The molecule has 1 amide bonds. The third-order valence-electron chi connectivity index (χ3n) is 4.32. The van der Waals surface area contributed by atoms with E-state index in [0.717, 1.165) is 30.6 Å². The van der Waals surface area contributed by atoms with Crippen LogP contribution in [0, 0.1) is 0 Å². The van der Waals surface area contributed by atoms with E-state index in [4.69, 9.17) is 4.74 Å². The first-order chi connectivity index (χ1) is 12.2. The number of pyridine rings is 1. The summed E-state index contributed by atoms with van der Waals surface area (Å²) in [6.45, 7) is 0. The maximum absolute atomic E-state index is 12.6. The number of rotatable bonds is 5. The van der Waals surface area contributed by atoms with Gasteiger partial charge in [0.15, 0.2) is 0 Å². The van der Waals surface area contributed by atoms with Gasteiger partial charge in [-0.1, -0.05) is 18.9 Å². The predicted molar refractivity (Wildman–Crippen MR) is 98.3 cm³/mol. The van der Waals surface area contributed by atoms with Crippen molar-refractivity contribution in [3.63, 3.8) is 0 Å². The lowest BCUT2D eigenvalue weighted by molar-refractivity contribution is 0.0715. The van der Waals surface area contributed by atoms with Gasteiger partial charge in [0.2, 0.25) is 5.88 Å². The Labute approximate surface area is 151 Å². The van der Waals surface area contributed by atoms with Gasteiger partial charge in [-0.25, -0.2) is 4.98 Å². The second-order valence-corrected chi connectivity index (χ2v) is 6.95. The van der Waals surface area contributed by atoms with Gasteiger partial charge in [0.05, 0.1) is 12.1 Å². The van der Waals surface area contributed by atoms with Crippen LogP contribution in [0.5, 0.6) is 11.6 Å². The largest absolute Gasteiger partial charge is 0.438 e. The van der Waals surface area contributed by atoms with Crippen LogP contribution >= 0.6 is 11.8 Å². The average Bonchev–Trinajstić information content (AvgIpc) is 2.64. The molecule has 5 nitrogen and oxygen atoms in total. The van der Waals surface area contributed by atoms with Gasteiger partial charge in [0, 0.05) is 11.1 Å². The van der Waals surface area contributed by atoms with E-state index in [9.17, 15) is 9.90 Å². The lowest BCUT2D eigenvalue weighted by atomic mass is 9.92. The zero-order chi connectivity index (χ0) is 17.6. The molecule has 2 N–H and O–H groups in total. The first kappa shape index (κ1) is 17.8. The molecule has 1 aromatic heterocycles. The van der Waals surface area contributed by atoms with Crippen LogP contribution in [-0.4, -0.2) is 34.4 Å². The summed E-state index contributed by atoms with van der Waals surface area (Å²) in [4.78, 5) is 17.9. The second-order valence-electron chi connectivity index (χ2n) is 6.07. The Kier molecular flexibility index (Phi) is 5.94. The molecule has 25 heavy (non-hydrogen) atoms. The van der Waals surface area contributed by atoms with Gasteiger partial charge in [-0.05, 0) is 49.4 Å². The number of hydrogen-bond acceptors (Lipinski definition) is 5. The molecule has 1 aromatic carbocycles. The molecule has 2 aromatic rings. The molecule has 1 saturated carbocycles. The number of amides is 1. The number of aliphatic hydroxyl groups excluding tert-OH is 1. The molecule has 0 spiro atoms. The fourth-order valence-corrected chi connectivity index (χ4v) is 3.40. The quantitative estimate of drug-likeness (QED) is 0.799. The summed E-state index contributed by atoms with van der Waals surface area (Å²) >= 11 is 1.62. The number of ether oxygens (including phenoxy) is 1. The normalized spacial score (nSPS) is 20.1. The number of aliphatic hydroxyl groups is 1. The van der Waals surface area contributed by atoms with Gasteiger partial charge in [-0.15, -0.1) is 11.8 Å². The van der Waals surface area contributed by atoms with Crippen molar-refractivity contribution in [2.24, 2.45) is 0 Å². The van der Waals surface area contributed by atoms with Crippen LogP contribution in [-0.2, 0) is 0 Å². The number of aromatic nitrogens is 1. The van der Waals surface area contributed by atoms with Crippen LogP contribution in [0.25, 0.3) is 0 Å². The lowest BCUT2D eigenvalue weighted by Crippen LogP contribution is -2.45. The summed E-state index contributed by atoms with van der Waals surface area (Å²) in [7, 11) is 0. The molecule has 0 radical (unpaired) electrons. The summed E-state index contributed by atoms with van der Waals surface area (Å²) in [5.41, 5.74) is 0.370. The molecule has 0 saturated heterocycles. The summed E-state index contributed by atoms with van der Waals surface area (Å²) in [5.74, 6) is 0.635. The van der Waals surface area contributed by atoms with E-state index in [1.54, 1.807) is 30.1 Å². The molecule has 132 valence electrons. The number of carbonyl (C=O) groups excluding carboxylic acids is 1. The van der Waals surface area contributed by atoms with Crippen LogP contribution < -0.4 is 10.1 Å². The zero-order valence-electron chi connectivity index (χ0n) is 14.1. The van der Waals surface area contributed by atoms with Crippen molar-refractivity contribution < 1.29 is 14.6 Å². The summed E-state index contributed by atoms with van der Waals surface area (Å²) in [6, 6.07) is 10.8. The molecular formula is C19H22N2O3S. The van der Waals surface area contributed by atoms with E-state index in [0.29, 0.717) is 11.3 Å². The molecule has 0 bridgehead atoms. The Balaban J connectivity index is 1.76. The highest BCUT2D eigenvalue weighted by Crippen LogP contribution is 2.27. The maximum atomic E-state index is 12.6. The minimum atomic E-state index is -0.489. The van der Waals surface area contributed by atoms with Crippen LogP contribution in [0.1, 0.15) is 36.0 Å². The van der Waals surface area contributed by atoms with Crippen molar-refractivity contribution in [1.29, 1.82) is 0 Å². The van der Waals surface area contributed by atoms with Crippen LogP contribution in [0.15, 0.2) is 47.5 Å². The molecule has 0 aliphatic heterocycles. The minimum absolute atomic E-state index is 0.214. The van der Waals surface area contributed by atoms with Crippen molar-refractivity contribution in [3.8, 4) is 11.6 Å². The molecule has 1 aliphatic carbocycles.